The number of halogens is 4. The average molecular weight is 421 g/mol. The average Bonchev–Trinajstić information content (AvgIpc) is 2.42. The van der Waals surface area contributed by atoms with Gasteiger partial charge in [0.15, 0.2) is 0 Å². The molecule has 6 heteroatoms. The van der Waals surface area contributed by atoms with E-state index in [1.165, 1.54) is 6.07 Å². The molecule has 2 aromatic carbocycles. The van der Waals surface area contributed by atoms with E-state index >= 15 is 0 Å². The molecule has 0 aliphatic carbocycles. The Kier molecular flexibility index (Phi) is 5.72. The zero-order chi connectivity index (χ0) is 15.4. The lowest BCUT2D eigenvalue weighted by molar-refractivity contribution is 0.404. The van der Waals surface area contributed by atoms with E-state index in [1.807, 2.05) is 12.1 Å². The molecular weight excluding hydrogens is 408 g/mol. The van der Waals surface area contributed by atoms with Crippen LogP contribution in [0.25, 0.3) is 0 Å². The number of ether oxygens (including phenoxy) is 1. The number of benzene rings is 2. The van der Waals surface area contributed by atoms with Crippen molar-refractivity contribution in [3.8, 4) is 5.75 Å². The molecule has 0 saturated heterocycles. The molecule has 0 aliphatic heterocycles. The smallest absolute Gasteiger partial charge is 0.137 e. The molecule has 2 rings (SSSR count). The van der Waals surface area contributed by atoms with Crippen LogP contribution < -0.4 is 10.1 Å². The first-order valence-electron chi connectivity index (χ1n) is 6.18. The van der Waals surface area contributed by atoms with Crippen LogP contribution in [0, 0.1) is 11.6 Å². The zero-order valence-corrected chi connectivity index (χ0v) is 14.4. The SMILES string of the molecule is COc1c(Br)cc(Br)cc1CNCc1cc(F)ccc1F. The summed E-state index contributed by atoms with van der Waals surface area (Å²) in [6.07, 6.45) is 0. The van der Waals surface area contributed by atoms with Crippen LogP contribution in [0.1, 0.15) is 11.1 Å². The highest BCUT2D eigenvalue weighted by Crippen LogP contribution is 2.32. The van der Waals surface area contributed by atoms with E-state index in [4.69, 9.17) is 4.74 Å². The van der Waals surface area contributed by atoms with Crippen LogP contribution in [-0.4, -0.2) is 7.11 Å². The van der Waals surface area contributed by atoms with Crippen LogP contribution in [0.5, 0.6) is 5.75 Å². The van der Waals surface area contributed by atoms with Crippen molar-refractivity contribution in [1.29, 1.82) is 0 Å². The van der Waals surface area contributed by atoms with E-state index in [1.54, 1.807) is 7.11 Å². The summed E-state index contributed by atoms with van der Waals surface area (Å²) in [5.41, 5.74) is 1.21. The van der Waals surface area contributed by atoms with Gasteiger partial charge >= 0.3 is 0 Å². The topological polar surface area (TPSA) is 21.3 Å². The number of hydrogen-bond donors (Lipinski definition) is 1. The second kappa shape index (κ2) is 7.33. The summed E-state index contributed by atoms with van der Waals surface area (Å²) in [4.78, 5) is 0. The first-order chi connectivity index (χ1) is 10.0. The van der Waals surface area contributed by atoms with Crippen LogP contribution in [0.3, 0.4) is 0 Å². The fourth-order valence-corrected chi connectivity index (χ4v) is 3.46. The molecule has 0 aromatic heterocycles. The van der Waals surface area contributed by atoms with Crippen molar-refractivity contribution < 1.29 is 13.5 Å². The van der Waals surface area contributed by atoms with E-state index in [9.17, 15) is 8.78 Å². The highest BCUT2D eigenvalue weighted by Gasteiger charge is 2.10. The Morgan fingerprint density at radius 2 is 1.76 bits per heavy atom. The second-order valence-corrected chi connectivity index (χ2v) is 6.19. The van der Waals surface area contributed by atoms with Crippen molar-refractivity contribution in [2.75, 3.05) is 7.11 Å². The van der Waals surface area contributed by atoms with E-state index in [0.717, 1.165) is 26.6 Å². The van der Waals surface area contributed by atoms with E-state index < -0.39 is 11.6 Å². The van der Waals surface area contributed by atoms with E-state index in [0.29, 0.717) is 17.9 Å². The monoisotopic (exact) mass is 419 g/mol. The molecule has 0 amide bonds. The molecular formula is C15H13Br2F2NO. The van der Waals surface area contributed by atoms with Gasteiger partial charge < -0.3 is 10.1 Å². The van der Waals surface area contributed by atoms with Gasteiger partial charge in [-0.05, 0) is 46.3 Å². The maximum absolute atomic E-state index is 13.5. The lowest BCUT2D eigenvalue weighted by atomic mass is 10.1. The van der Waals surface area contributed by atoms with Crippen molar-refractivity contribution >= 4 is 31.9 Å². The Bertz CT molecular complexity index is 650. The third-order valence-electron chi connectivity index (χ3n) is 2.93. The Morgan fingerprint density at radius 3 is 2.48 bits per heavy atom. The zero-order valence-electron chi connectivity index (χ0n) is 11.2. The van der Waals surface area contributed by atoms with Crippen LogP contribution in [0.15, 0.2) is 39.3 Å². The molecule has 1 N–H and O–H groups in total. The van der Waals surface area contributed by atoms with Crippen LogP contribution in [0.4, 0.5) is 8.78 Å². The first kappa shape index (κ1) is 16.4. The Labute approximate surface area is 138 Å². The van der Waals surface area contributed by atoms with Crippen molar-refractivity contribution in [2.24, 2.45) is 0 Å². The van der Waals surface area contributed by atoms with Gasteiger partial charge in [-0.1, -0.05) is 15.9 Å². The molecule has 0 saturated carbocycles. The van der Waals surface area contributed by atoms with Crippen LogP contribution >= 0.6 is 31.9 Å². The van der Waals surface area contributed by atoms with Crippen LogP contribution in [-0.2, 0) is 13.1 Å². The fourth-order valence-electron chi connectivity index (χ4n) is 1.98. The van der Waals surface area contributed by atoms with Crippen molar-refractivity contribution in [3.05, 3.63) is 62.0 Å². The highest BCUT2D eigenvalue weighted by atomic mass is 79.9. The molecule has 0 unspecified atom stereocenters. The van der Waals surface area contributed by atoms with Gasteiger partial charge in [0.1, 0.15) is 17.4 Å². The van der Waals surface area contributed by atoms with Gasteiger partial charge in [0.2, 0.25) is 0 Å². The standard InChI is InChI=1S/C15H13Br2F2NO/c1-21-15-10(4-11(16)6-13(15)17)8-20-7-9-5-12(18)2-3-14(9)19/h2-6,20H,7-8H2,1H3. The summed E-state index contributed by atoms with van der Waals surface area (Å²) >= 11 is 6.84. The summed E-state index contributed by atoms with van der Waals surface area (Å²) in [5, 5.41) is 3.09. The van der Waals surface area contributed by atoms with Gasteiger partial charge in [-0.3, -0.25) is 0 Å². The molecule has 0 heterocycles. The van der Waals surface area contributed by atoms with E-state index in [-0.39, 0.29) is 6.54 Å². The maximum Gasteiger partial charge on any atom is 0.137 e. The molecule has 0 fully saturated rings. The maximum atomic E-state index is 13.5. The molecule has 112 valence electrons. The quantitative estimate of drug-likeness (QED) is 0.750. The van der Waals surface area contributed by atoms with Gasteiger partial charge in [-0.25, -0.2) is 8.78 Å². The Hall–Kier alpha value is -0.980. The van der Waals surface area contributed by atoms with Gasteiger partial charge in [-0.2, -0.15) is 0 Å². The summed E-state index contributed by atoms with van der Waals surface area (Å²) in [6.45, 7) is 0.702. The van der Waals surface area contributed by atoms with Gasteiger partial charge in [0, 0.05) is 28.7 Å². The van der Waals surface area contributed by atoms with Gasteiger partial charge in [0.25, 0.3) is 0 Å². The number of nitrogens with one attached hydrogen (secondary N) is 1. The van der Waals surface area contributed by atoms with Crippen molar-refractivity contribution in [2.45, 2.75) is 13.1 Å². The number of rotatable bonds is 5. The molecule has 2 nitrogen and oxygen atoms in total. The van der Waals surface area contributed by atoms with E-state index in [2.05, 4.69) is 37.2 Å². The third kappa shape index (κ3) is 4.25. The summed E-state index contributed by atoms with van der Waals surface area (Å²) in [7, 11) is 1.59. The summed E-state index contributed by atoms with van der Waals surface area (Å²) < 4.78 is 33.7. The third-order valence-corrected chi connectivity index (χ3v) is 3.97. The minimum absolute atomic E-state index is 0.233. The minimum Gasteiger partial charge on any atom is -0.495 e. The summed E-state index contributed by atoms with van der Waals surface area (Å²) in [5.74, 6) is -0.160. The Morgan fingerprint density at radius 1 is 1.05 bits per heavy atom. The van der Waals surface area contributed by atoms with Gasteiger partial charge in [-0.15, -0.1) is 0 Å². The van der Waals surface area contributed by atoms with Crippen LogP contribution in [0.2, 0.25) is 0 Å². The molecule has 0 bridgehead atoms. The summed E-state index contributed by atoms with van der Waals surface area (Å²) in [6, 6.07) is 7.22. The first-order valence-corrected chi connectivity index (χ1v) is 7.76. The molecule has 2 aromatic rings. The fraction of sp³-hybridized carbons (Fsp3) is 0.200. The second-order valence-electron chi connectivity index (χ2n) is 4.42. The molecule has 0 spiro atoms. The minimum atomic E-state index is -0.448. The predicted molar refractivity (Wildman–Crippen MR) is 85.3 cm³/mol. The molecule has 0 aliphatic rings. The molecule has 0 radical (unpaired) electrons. The Balaban J connectivity index is 2.08. The molecule has 0 atom stereocenters. The largest absolute Gasteiger partial charge is 0.495 e. The number of methoxy groups -OCH3 is 1. The predicted octanol–water partition coefficient (Wildman–Crippen LogP) is 4.79. The van der Waals surface area contributed by atoms with Crippen molar-refractivity contribution in [3.63, 3.8) is 0 Å². The van der Waals surface area contributed by atoms with Gasteiger partial charge in [0.05, 0.1) is 11.6 Å². The molecule has 21 heavy (non-hydrogen) atoms. The number of hydrogen-bond acceptors (Lipinski definition) is 2. The van der Waals surface area contributed by atoms with Crippen molar-refractivity contribution in [1.82, 2.24) is 5.32 Å². The highest BCUT2D eigenvalue weighted by molar-refractivity contribution is 9.11. The lowest BCUT2D eigenvalue weighted by Crippen LogP contribution is -2.14. The lowest BCUT2D eigenvalue weighted by Gasteiger charge is -2.12. The normalized spacial score (nSPS) is 10.7.